The van der Waals surface area contributed by atoms with Crippen molar-refractivity contribution < 1.29 is 0 Å². The third kappa shape index (κ3) is 2.02. The highest BCUT2D eigenvalue weighted by Crippen LogP contribution is 2.16. The quantitative estimate of drug-likeness (QED) is 0.808. The first kappa shape index (κ1) is 11.0. The zero-order chi connectivity index (χ0) is 11.5. The average Bonchev–Trinajstić information content (AvgIpc) is 2.81. The lowest BCUT2D eigenvalue weighted by atomic mass is 10.1. The van der Waals surface area contributed by atoms with E-state index >= 15 is 0 Å². The Morgan fingerprint density at radius 2 is 2.31 bits per heavy atom. The number of aromatic nitrogens is 3. The minimum Gasteiger partial charge on any atom is -0.354 e. The van der Waals surface area contributed by atoms with Crippen molar-refractivity contribution in [3.63, 3.8) is 0 Å². The Bertz CT molecular complexity index is 448. The van der Waals surface area contributed by atoms with Crippen LogP contribution in [0.1, 0.15) is 22.5 Å². The second-order valence-corrected chi connectivity index (χ2v) is 4.15. The van der Waals surface area contributed by atoms with Crippen molar-refractivity contribution in [3.8, 4) is 0 Å². The standard InChI is InChI=1S/C12H18N4/c1-9-4-6-16(2)12(9)7-10-8-14-15-11(10)3-5-13/h4,6,8H,3,5,7,13H2,1-2H3,(H,14,15). The number of hydrogen-bond donors (Lipinski definition) is 2. The molecule has 0 unspecified atom stereocenters. The Balaban J connectivity index is 2.23. The van der Waals surface area contributed by atoms with Crippen molar-refractivity contribution in [2.75, 3.05) is 6.54 Å². The molecular formula is C12H18N4. The number of nitrogens with two attached hydrogens (primary N) is 1. The van der Waals surface area contributed by atoms with Gasteiger partial charge in [0.15, 0.2) is 0 Å². The fourth-order valence-electron chi connectivity index (χ4n) is 1.98. The molecule has 4 nitrogen and oxygen atoms in total. The maximum absolute atomic E-state index is 5.57. The van der Waals surface area contributed by atoms with E-state index in [2.05, 4.69) is 41.0 Å². The highest BCUT2D eigenvalue weighted by Gasteiger charge is 2.09. The molecule has 0 saturated heterocycles. The van der Waals surface area contributed by atoms with Gasteiger partial charge in [-0.25, -0.2) is 0 Å². The lowest BCUT2D eigenvalue weighted by molar-refractivity contribution is 0.832. The van der Waals surface area contributed by atoms with Gasteiger partial charge in [-0.1, -0.05) is 0 Å². The minimum atomic E-state index is 0.654. The summed E-state index contributed by atoms with van der Waals surface area (Å²) in [5.74, 6) is 0. The first-order valence-corrected chi connectivity index (χ1v) is 5.54. The van der Waals surface area contributed by atoms with Gasteiger partial charge < -0.3 is 10.3 Å². The second-order valence-electron chi connectivity index (χ2n) is 4.15. The van der Waals surface area contributed by atoms with Crippen LogP contribution in [0.15, 0.2) is 18.5 Å². The lowest BCUT2D eigenvalue weighted by Crippen LogP contribution is -2.06. The van der Waals surface area contributed by atoms with E-state index in [-0.39, 0.29) is 0 Å². The Morgan fingerprint density at radius 1 is 1.50 bits per heavy atom. The first-order valence-electron chi connectivity index (χ1n) is 5.54. The van der Waals surface area contributed by atoms with Crippen molar-refractivity contribution in [1.82, 2.24) is 14.8 Å². The molecule has 86 valence electrons. The molecule has 0 aliphatic heterocycles. The monoisotopic (exact) mass is 218 g/mol. The molecule has 0 aromatic carbocycles. The number of nitrogens with zero attached hydrogens (tertiary/aromatic N) is 2. The van der Waals surface area contributed by atoms with Gasteiger partial charge >= 0.3 is 0 Å². The van der Waals surface area contributed by atoms with Crippen LogP contribution in [-0.2, 0) is 19.9 Å². The summed E-state index contributed by atoms with van der Waals surface area (Å²) in [7, 11) is 2.07. The fraction of sp³-hybridized carbons (Fsp3) is 0.417. The van der Waals surface area contributed by atoms with Crippen LogP contribution in [0.3, 0.4) is 0 Å². The molecule has 0 aliphatic rings. The molecule has 2 aromatic heterocycles. The van der Waals surface area contributed by atoms with E-state index in [0.29, 0.717) is 6.54 Å². The third-order valence-electron chi connectivity index (χ3n) is 2.99. The Kier molecular flexibility index (Phi) is 3.10. The summed E-state index contributed by atoms with van der Waals surface area (Å²) in [4.78, 5) is 0. The van der Waals surface area contributed by atoms with E-state index in [0.717, 1.165) is 18.5 Å². The van der Waals surface area contributed by atoms with E-state index in [1.165, 1.54) is 16.8 Å². The summed E-state index contributed by atoms with van der Waals surface area (Å²) in [5, 5.41) is 7.11. The summed E-state index contributed by atoms with van der Waals surface area (Å²) in [6.07, 6.45) is 5.77. The maximum atomic E-state index is 5.57. The van der Waals surface area contributed by atoms with Gasteiger partial charge in [0.1, 0.15) is 0 Å². The fourth-order valence-corrected chi connectivity index (χ4v) is 1.98. The molecule has 0 spiro atoms. The van der Waals surface area contributed by atoms with E-state index < -0.39 is 0 Å². The van der Waals surface area contributed by atoms with E-state index in [4.69, 9.17) is 5.73 Å². The number of aryl methyl sites for hydroxylation is 2. The van der Waals surface area contributed by atoms with Gasteiger partial charge in [-0.05, 0) is 30.7 Å². The molecule has 0 radical (unpaired) electrons. The molecular weight excluding hydrogens is 200 g/mol. The van der Waals surface area contributed by atoms with E-state index in [1.54, 1.807) is 0 Å². The van der Waals surface area contributed by atoms with Crippen molar-refractivity contribution in [3.05, 3.63) is 41.0 Å². The maximum Gasteiger partial charge on any atom is 0.0526 e. The van der Waals surface area contributed by atoms with Crippen molar-refractivity contribution >= 4 is 0 Å². The normalized spacial score (nSPS) is 10.9. The number of nitrogens with one attached hydrogen (secondary N) is 1. The first-order chi connectivity index (χ1) is 7.72. The lowest BCUT2D eigenvalue weighted by Gasteiger charge is -2.05. The molecule has 0 atom stereocenters. The predicted octanol–water partition coefficient (Wildman–Crippen LogP) is 1.15. The molecule has 3 N–H and O–H groups in total. The molecule has 0 amide bonds. The Hall–Kier alpha value is -1.55. The highest BCUT2D eigenvalue weighted by molar-refractivity contribution is 5.29. The molecule has 0 saturated carbocycles. The zero-order valence-electron chi connectivity index (χ0n) is 9.83. The van der Waals surface area contributed by atoms with E-state index in [1.807, 2.05) is 6.20 Å². The summed E-state index contributed by atoms with van der Waals surface area (Å²) in [6, 6.07) is 2.14. The molecule has 0 aliphatic carbocycles. The van der Waals surface area contributed by atoms with Crippen LogP contribution in [0.2, 0.25) is 0 Å². The molecule has 2 rings (SSSR count). The minimum absolute atomic E-state index is 0.654. The smallest absolute Gasteiger partial charge is 0.0526 e. The van der Waals surface area contributed by atoms with Crippen LogP contribution in [0.5, 0.6) is 0 Å². The number of aromatic amines is 1. The molecule has 2 heterocycles. The molecule has 0 bridgehead atoms. The van der Waals surface area contributed by atoms with Gasteiger partial charge in [0, 0.05) is 37.5 Å². The largest absolute Gasteiger partial charge is 0.354 e. The molecule has 2 aromatic rings. The van der Waals surface area contributed by atoms with Crippen LogP contribution in [0, 0.1) is 6.92 Å². The average molecular weight is 218 g/mol. The van der Waals surface area contributed by atoms with Gasteiger partial charge in [-0.3, -0.25) is 5.10 Å². The van der Waals surface area contributed by atoms with Crippen LogP contribution in [0.25, 0.3) is 0 Å². The van der Waals surface area contributed by atoms with Crippen LogP contribution < -0.4 is 5.73 Å². The van der Waals surface area contributed by atoms with Gasteiger partial charge in [0.25, 0.3) is 0 Å². The van der Waals surface area contributed by atoms with Gasteiger partial charge in [-0.2, -0.15) is 5.10 Å². The summed E-state index contributed by atoms with van der Waals surface area (Å²) in [6.45, 7) is 2.79. The summed E-state index contributed by atoms with van der Waals surface area (Å²) >= 11 is 0. The van der Waals surface area contributed by atoms with Crippen molar-refractivity contribution in [1.29, 1.82) is 0 Å². The van der Waals surface area contributed by atoms with Crippen LogP contribution in [0.4, 0.5) is 0 Å². The Labute approximate surface area is 95.5 Å². The second kappa shape index (κ2) is 4.53. The number of rotatable bonds is 4. The van der Waals surface area contributed by atoms with Gasteiger partial charge in [0.05, 0.1) is 6.20 Å². The number of hydrogen-bond acceptors (Lipinski definition) is 2. The molecule has 16 heavy (non-hydrogen) atoms. The zero-order valence-corrected chi connectivity index (χ0v) is 9.83. The van der Waals surface area contributed by atoms with E-state index in [9.17, 15) is 0 Å². The Morgan fingerprint density at radius 3 is 2.94 bits per heavy atom. The SMILES string of the molecule is Cc1ccn(C)c1Cc1cn[nH]c1CCN. The van der Waals surface area contributed by atoms with Crippen molar-refractivity contribution in [2.45, 2.75) is 19.8 Å². The molecule has 4 heteroatoms. The highest BCUT2D eigenvalue weighted by atomic mass is 15.1. The number of H-pyrrole nitrogens is 1. The summed E-state index contributed by atoms with van der Waals surface area (Å²) in [5.41, 5.74) is 10.6. The molecule has 0 fully saturated rings. The summed E-state index contributed by atoms with van der Waals surface area (Å²) < 4.78 is 2.16. The predicted molar refractivity (Wildman–Crippen MR) is 64.3 cm³/mol. The third-order valence-corrected chi connectivity index (χ3v) is 2.99. The van der Waals surface area contributed by atoms with Gasteiger partial charge in [-0.15, -0.1) is 0 Å². The van der Waals surface area contributed by atoms with Crippen LogP contribution in [-0.4, -0.2) is 21.3 Å². The van der Waals surface area contributed by atoms with Crippen LogP contribution >= 0.6 is 0 Å². The van der Waals surface area contributed by atoms with Crippen molar-refractivity contribution in [2.24, 2.45) is 12.8 Å². The topological polar surface area (TPSA) is 59.6 Å². The van der Waals surface area contributed by atoms with Gasteiger partial charge in [0.2, 0.25) is 0 Å².